The predicted molar refractivity (Wildman–Crippen MR) is 64.9 cm³/mol. The molecule has 0 aromatic heterocycles. The summed E-state index contributed by atoms with van der Waals surface area (Å²) in [4.78, 5) is 11.7. The number of amides is 1. The summed E-state index contributed by atoms with van der Waals surface area (Å²) in [5, 5.41) is 2.74. The van der Waals surface area contributed by atoms with Gasteiger partial charge in [-0.15, -0.1) is 0 Å². The zero-order chi connectivity index (χ0) is 12.0. The van der Waals surface area contributed by atoms with Gasteiger partial charge in [-0.1, -0.05) is 0 Å². The minimum absolute atomic E-state index is 0.136. The highest BCUT2D eigenvalue weighted by Crippen LogP contribution is 2.25. The van der Waals surface area contributed by atoms with Crippen LogP contribution in [0, 0.1) is 0 Å². The SMILES string of the molecule is COCCNC(=O)c1ccc(Br)c(OC)c1. The number of rotatable bonds is 5. The molecule has 0 aliphatic heterocycles. The average molecular weight is 288 g/mol. The van der Waals surface area contributed by atoms with Crippen molar-refractivity contribution in [3.63, 3.8) is 0 Å². The lowest BCUT2D eigenvalue weighted by Crippen LogP contribution is -2.26. The first-order chi connectivity index (χ1) is 7.69. The molecule has 0 aliphatic rings. The van der Waals surface area contributed by atoms with Gasteiger partial charge in [-0.3, -0.25) is 4.79 Å². The van der Waals surface area contributed by atoms with Crippen LogP contribution < -0.4 is 10.1 Å². The highest BCUT2D eigenvalue weighted by molar-refractivity contribution is 9.10. The first kappa shape index (κ1) is 13.0. The highest BCUT2D eigenvalue weighted by Gasteiger charge is 2.08. The van der Waals surface area contributed by atoms with E-state index >= 15 is 0 Å². The van der Waals surface area contributed by atoms with Gasteiger partial charge in [0.1, 0.15) is 5.75 Å². The molecule has 1 amide bonds. The maximum atomic E-state index is 11.7. The van der Waals surface area contributed by atoms with Gasteiger partial charge >= 0.3 is 0 Å². The Morgan fingerprint density at radius 2 is 2.19 bits per heavy atom. The summed E-state index contributed by atoms with van der Waals surface area (Å²) in [6.45, 7) is 0.993. The van der Waals surface area contributed by atoms with Crippen molar-refractivity contribution in [3.05, 3.63) is 28.2 Å². The van der Waals surface area contributed by atoms with Crippen molar-refractivity contribution in [2.45, 2.75) is 0 Å². The Balaban J connectivity index is 2.68. The first-order valence-electron chi connectivity index (χ1n) is 4.79. The Labute approximate surface area is 103 Å². The number of hydrogen-bond donors (Lipinski definition) is 1. The molecule has 0 heterocycles. The third-order valence-corrected chi connectivity index (χ3v) is 2.66. The second-order valence-corrected chi connectivity index (χ2v) is 3.95. The summed E-state index contributed by atoms with van der Waals surface area (Å²) in [6, 6.07) is 5.20. The molecule has 1 rings (SSSR count). The predicted octanol–water partition coefficient (Wildman–Crippen LogP) is 1.83. The molecule has 16 heavy (non-hydrogen) atoms. The van der Waals surface area contributed by atoms with Gasteiger partial charge in [0.05, 0.1) is 18.2 Å². The monoisotopic (exact) mass is 287 g/mol. The van der Waals surface area contributed by atoms with Crippen LogP contribution in [-0.4, -0.2) is 33.3 Å². The molecular weight excluding hydrogens is 274 g/mol. The molecule has 0 saturated heterocycles. The van der Waals surface area contributed by atoms with E-state index in [0.717, 1.165) is 4.47 Å². The molecule has 0 fully saturated rings. The third-order valence-electron chi connectivity index (χ3n) is 2.01. The van der Waals surface area contributed by atoms with Crippen molar-refractivity contribution < 1.29 is 14.3 Å². The molecular formula is C11H14BrNO3. The van der Waals surface area contributed by atoms with Gasteiger partial charge in [0.2, 0.25) is 0 Å². The standard InChI is InChI=1S/C11H14BrNO3/c1-15-6-5-13-11(14)8-3-4-9(12)10(7-8)16-2/h3-4,7H,5-6H2,1-2H3,(H,13,14). The lowest BCUT2D eigenvalue weighted by molar-refractivity contribution is 0.0936. The van der Waals surface area contributed by atoms with Crippen LogP contribution in [0.5, 0.6) is 5.75 Å². The van der Waals surface area contributed by atoms with Crippen LogP contribution in [0.2, 0.25) is 0 Å². The van der Waals surface area contributed by atoms with Crippen molar-refractivity contribution in [2.75, 3.05) is 27.4 Å². The fraction of sp³-hybridized carbons (Fsp3) is 0.364. The van der Waals surface area contributed by atoms with E-state index in [4.69, 9.17) is 9.47 Å². The van der Waals surface area contributed by atoms with Gasteiger partial charge in [0, 0.05) is 19.2 Å². The molecule has 0 saturated carbocycles. The van der Waals surface area contributed by atoms with Crippen LogP contribution in [0.4, 0.5) is 0 Å². The van der Waals surface area contributed by atoms with Crippen LogP contribution in [0.3, 0.4) is 0 Å². The maximum Gasteiger partial charge on any atom is 0.251 e. The molecule has 1 N–H and O–H groups in total. The number of benzene rings is 1. The van der Waals surface area contributed by atoms with E-state index in [9.17, 15) is 4.79 Å². The Bertz CT molecular complexity index is 368. The van der Waals surface area contributed by atoms with Crippen LogP contribution >= 0.6 is 15.9 Å². The topological polar surface area (TPSA) is 47.6 Å². The van der Waals surface area contributed by atoms with E-state index in [1.165, 1.54) is 0 Å². The van der Waals surface area contributed by atoms with E-state index in [1.807, 2.05) is 0 Å². The van der Waals surface area contributed by atoms with Gasteiger partial charge in [0.25, 0.3) is 5.91 Å². The fourth-order valence-corrected chi connectivity index (χ4v) is 1.58. The summed E-state index contributed by atoms with van der Waals surface area (Å²) < 4.78 is 10.8. The van der Waals surface area contributed by atoms with E-state index in [-0.39, 0.29) is 5.91 Å². The van der Waals surface area contributed by atoms with E-state index in [2.05, 4.69) is 21.2 Å². The Kier molecular flexibility index (Phi) is 5.28. The van der Waals surface area contributed by atoms with Crippen molar-refractivity contribution in [3.8, 4) is 5.75 Å². The van der Waals surface area contributed by atoms with E-state index < -0.39 is 0 Å². The molecule has 1 aromatic carbocycles. The minimum atomic E-state index is -0.136. The number of halogens is 1. The van der Waals surface area contributed by atoms with Crippen molar-refractivity contribution >= 4 is 21.8 Å². The summed E-state index contributed by atoms with van der Waals surface area (Å²) in [7, 11) is 3.15. The molecule has 1 aromatic rings. The Hall–Kier alpha value is -1.07. The maximum absolute atomic E-state index is 11.7. The van der Waals surface area contributed by atoms with Crippen LogP contribution in [0.1, 0.15) is 10.4 Å². The van der Waals surface area contributed by atoms with Crippen molar-refractivity contribution in [1.29, 1.82) is 0 Å². The Morgan fingerprint density at radius 1 is 1.44 bits per heavy atom. The van der Waals surface area contributed by atoms with Crippen LogP contribution in [-0.2, 0) is 4.74 Å². The smallest absolute Gasteiger partial charge is 0.251 e. The lowest BCUT2D eigenvalue weighted by atomic mass is 10.2. The zero-order valence-corrected chi connectivity index (χ0v) is 10.8. The van der Waals surface area contributed by atoms with Gasteiger partial charge < -0.3 is 14.8 Å². The normalized spacial score (nSPS) is 9.94. The van der Waals surface area contributed by atoms with E-state index in [0.29, 0.717) is 24.5 Å². The number of nitrogens with one attached hydrogen (secondary N) is 1. The first-order valence-corrected chi connectivity index (χ1v) is 5.59. The number of carbonyl (C=O) groups excluding carboxylic acids is 1. The summed E-state index contributed by atoms with van der Waals surface area (Å²) in [6.07, 6.45) is 0. The quantitative estimate of drug-likeness (QED) is 0.841. The number of methoxy groups -OCH3 is 2. The van der Waals surface area contributed by atoms with E-state index in [1.54, 1.807) is 32.4 Å². The molecule has 5 heteroatoms. The molecule has 4 nitrogen and oxygen atoms in total. The molecule has 0 radical (unpaired) electrons. The van der Waals surface area contributed by atoms with Gasteiger partial charge in [0.15, 0.2) is 0 Å². The summed E-state index contributed by atoms with van der Waals surface area (Å²) in [5.74, 6) is 0.502. The summed E-state index contributed by atoms with van der Waals surface area (Å²) in [5.41, 5.74) is 0.566. The molecule has 88 valence electrons. The Morgan fingerprint density at radius 3 is 2.81 bits per heavy atom. The molecule has 0 spiro atoms. The number of ether oxygens (including phenoxy) is 2. The molecule has 0 aliphatic carbocycles. The minimum Gasteiger partial charge on any atom is -0.496 e. The van der Waals surface area contributed by atoms with Gasteiger partial charge in [-0.25, -0.2) is 0 Å². The summed E-state index contributed by atoms with van der Waals surface area (Å²) >= 11 is 3.33. The number of hydrogen-bond acceptors (Lipinski definition) is 3. The van der Waals surface area contributed by atoms with Crippen molar-refractivity contribution in [1.82, 2.24) is 5.32 Å². The number of carbonyl (C=O) groups is 1. The fourth-order valence-electron chi connectivity index (χ4n) is 1.17. The molecule has 0 unspecified atom stereocenters. The van der Waals surface area contributed by atoms with Crippen LogP contribution in [0.15, 0.2) is 22.7 Å². The second-order valence-electron chi connectivity index (χ2n) is 3.10. The highest BCUT2D eigenvalue weighted by atomic mass is 79.9. The lowest BCUT2D eigenvalue weighted by Gasteiger charge is -2.07. The zero-order valence-electron chi connectivity index (χ0n) is 9.25. The van der Waals surface area contributed by atoms with Crippen LogP contribution in [0.25, 0.3) is 0 Å². The third kappa shape index (κ3) is 3.50. The van der Waals surface area contributed by atoms with Crippen molar-refractivity contribution in [2.24, 2.45) is 0 Å². The molecule has 0 atom stereocenters. The second kappa shape index (κ2) is 6.50. The van der Waals surface area contributed by atoms with Gasteiger partial charge in [-0.05, 0) is 34.1 Å². The largest absolute Gasteiger partial charge is 0.496 e. The average Bonchev–Trinajstić information content (AvgIpc) is 2.30. The van der Waals surface area contributed by atoms with Gasteiger partial charge in [-0.2, -0.15) is 0 Å². The molecule has 0 bridgehead atoms.